The Hall–Kier alpha value is -1.65. The number of hydrogen-bond acceptors (Lipinski definition) is 2. The number of hydrogen-bond donors (Lipinski definition) is 1. The molecule has 0 aliphatic carbocycles. The third-order valence-corrected chi connectivity index (χ3v) is 4.48. The molecule has 3 nitrogen and oxygen atoms in total. The van der Waals surface area contributed by atoms with Crippen molar-refractivity contribution in [3.05, 3.63) is 65.2 Å². The van der Waals surface area contributed by atoms with Gasteiger partial charge in [0.15, 0.2) is 0 Å². The van der Waals surface area contributed by atoms with Crippen molar-refractivity contribution in [3.8, 4) is 0 Å². The van der Waals surface area contributed by atoms with Crippen molar-refractivity contribution >= 4 is 10.0 Å². The summed E-state index contributed by atoms with van der Waals surface area (Å²) in [5.74, 6) is 0. The van der Waals surface area contributed by atoms with E-state index in [-0.39, 0.29) is 4.90 Å². The number of primary sulfonamides is 1. The smallest absolute Gasteiger partial charge is 0.225 e. The normalized spacial score (nSPS) is 11.5. The fraction of sp³-hybridized carbons (Fsp3) is 0.294. The summed E-state index contributed by atoms with van der Waals surface area (Å²) in [5, 5.41) is 5.08. The molecule has 0 aliphatic rings. The van der Waals surface area contributed by atoms with Crippen LogP contribution in [0, 0.1) is 6.92 Å². The zero-order valence-electron chi connectivity index (χ0n) is 12.2. The van der Waals surface area contributed by atoms with Crippen LogP contribution in [-0.2, 0) is 22.9 Å². The van der Waals surface area contributed by atoms with Gasteiger partial charge in [-0.1, -0.05) is 42.0 Å². The Bertz CT molecular complexity index is 674. The van der Waals surface area contributed by atoms with Gasteiger partial charge < -0.3 is 0 Å². The minimum atomic E-state index is -3.58. The fourth-order valence-corrected chi connectivity index (χ4v) is 2.77. The van der Waals surface area contributed by atoms with Gasteiger partial charge >= 0.3 is 0 Å². The van der Waals surface area contributed by atoms with E-state index in [0.29, 0.717) is 0 Å². The maximum Gasteiger partial charge on any atom is 0.238 e. The van der Waals surface area contributed by atoms with Gasteiger partial charge in [-0.15, -0.1) is 0 Å². The first-order valence-corrected chi connectivity index (χ1v) is 8.67. The van der Waals surface area contributed by atoms with E-state index in [1.165, 1.54) is 11.1 Å². The molecule has 2 rings (SSSR count). The van der Waals surface area contributed by atoms with Crippen molar-refractivity contribution in [2.24, 2.45) is 5.14 Å². The summed E-state index contributed by atoms with van der Waals surface area (Å²) in [7, 11) is -3.58. The number of nitrogens with two attached hydrogens (primary N) is 1. The number of rotatable bonds is 6. The quantitative estimate of drug-likeness (QED) is 0.833. The van der Waals surface area contributed by atoms with Gasteiger partial charge in [-0.05, 0) is 55.9 Å². The van der Waals surface area contributed by atoms with Gasteiger partial charge in [0.1, 0.15) is 0 Å². The average Bonchev–Trinajstić information content (AvgIpc) is 2.45. The molecule has 112 valence electrons. The summed E-state index contributed by atoms with van der Waals surface area (Å²) in [6, 6.07) is 15.5. The summed E-state index contributed by atoms with van der Waals surface area (Å²) >= 11 is 0. The summed E-state index contributed by atoms with van der Waals surface area (Å²) in [4.78, 5) is 0.172. The number of aryl methyl sites for hydroxylation is 3. The second kappa shape index (κ2) is 6.87. The first-order valence-electron chi connectivity index (χ1n) is 7.12. The molecular weight excluding hydrogens is 282 g/mol. The third kappa shape index (κ3) is 4.99. The lowest BCUT2D eigenvalue weighted by Gasteiger charge is -2.04. The zero-order chi connectivity index (χ0) is 15.3. The molecule has 0 unspecified atom stereocenters. The Labute approximate surface area is 126 Å². The van der Waals surface area contributed by atoms with Crippen LogP contribution in [0.3, 0.4) is 0 Å². The van der Waals surface area contributed by atoms with Crippen LogP contribution in [0.1, 0.15) is 29.5 Å². The largest absolute Gasteiger partial charge is 0.238 e. The molecule has 0 fully saturated rings. The van der Waals surface area contributed by atoms with E-state index in [0.717, 1.165) is 31.2 Å². The van der Waals surface area contributed by atoms with Crippen LogP contribution in [0.2, 0.25) is 0 Å². The van der Waals surface area contributed by atoms with Crippen molar-refractivity contribution in [1.29, 1.82) is 0 Å². The van der Waals surface area contributed by atoms with Gasteiger partial charge in [-0.2, -0.15) is 0 Å². The Kier molecular flexibility index (Phi) is 5.15. The SMILES string of the molecule is Cc1ccc(CCCCc2ccc(S(N)(=O)=O)cc2)cc1. The highest BCUT2D eigenvalue weighted by Gasteiger charge is 2.06. The Morgan fingerprint density at radius 2 is 1.24 bits per heavy atom. The van der Waals surface area contributed by atoms with Gasteiger partial charge in [0, 0.05) is 0 Å². The molecule has 0 amide bonds. The van der Waals surface area contributed by atoms with Crippen molar-refractivity contribution in [2.75, 3.05) is 0 Å². The lowest BCUT2D eigenvalue weighted by atomic mass is 10.0. The number of sulfonamides is 1. The molecule has 0 spiro atoms. The molecule has 2 aromatic rings. The highest BCUT2D eigenvalue weighted by molar-refractivity contribution is 7.89. The van der Waals surface area contributed by atoms with Crippen LogP contribution in [0.25, 0.3) is 0 Å². The van der Waals surface area contributed by atoms with Gasteiger partial charge in [0.2, 0.25) is 10.0 Å². The minimum Gasteiger partial charge on any atom is -0.225 e. The zero-order valence-corrected chi connectivity index (χ0v) is 13.1. The number of benzene rings is 2. The van der Waals surface area contributed by atoms with E-state index < -0.39 is 10.0 Å². The molecule has 0 saturated heterocycles. The highest BCUT2D eigenvalue weighted by Crippen LogP contribution is 2.13. The van der Waals surface area contributed by atoms with E-state index >= 15 is 0 Å². The Balaban J connectivity index is 1.80. The molecule has 2 N–H and O–H groups in total. The first-order chi connectivity index (χ1) is 9.95. The molecule has 4 heteroatoms. The summed E-state index contributed by atoms with van der Waals surface area (Å²) in [6.07, 6.45) is 4.24. The van der Waals surface area contributed by atoms with Crippen LogP contribution in [0.4, 0.5) is 0 Å². The van der Waals surface area contributed by atoms with Gasteiger partial charge in [0.25, 0.3) is 0 Å². The van der Waals surface area contributed by atoms with Crippen LogP contribution in [0.5, 0.6) is 0 Å². The first kappa shape index (κ1) is 15.7. The predicted molar refractivity (Wildman–Crippen MR) is 85.6 cm³/mol. The lowest BCUT2D eigenvalue weighted by molar-refractivity contribution is 0.597. The van der Waals surface area contributed by atoms with Crippen LogP contribution < -0.4 is 5.14 Å². The molecule has 0 aromatic heterocycles. The van der Waals surface area contributed by atoms with Crippen LogP contribution >= 0.6 is 0 Å². The summed E-state index contributed by atoms with van der Waals surface area (Å²) in [6.45, 7) is 2.09. The number of unbranched alkanes of at least 4 members (excludes halogenated alkanes) is 1. The molecular formula is C17H21NO2S. The van der Waals surface area contributed by atoms with Crippen molar-refractivity contribution < 1.29 is 8.42 Å². The van der Waals surface area contributed by atoms with Gasteiger partial charge in [0.05, 0.1) is 4.90 Å². The van der Waals surface area contributed by atoms with Gasteiger partial charge in [-0.3, -0.25) is 0 Å². The van der Waals surface area contributed by atoms with E-state index in [1.807, 2.05) is 12.1 Å². The van der Waals surface area contributed by atoms with E-state index in [9.17, 15) is 8.42 Å². The second-order valence-electron chi connectivity index (χ2n) is 5.38. The van der Waals surface area contributed by atoms with E-state index in [4.69, 9.17) is 5.14 Å². The molecule has 0 radical (unpaired) electrons. The molecule has 0 aliphatic heterocycles. The maximum absolute atomic E-state index is 11.2. The molecule has 21 heavy (non-hydrogen) atoms. The van der Waals surface area contributed by atoms with E-state index in [1.54, 1.807) is 12.1 Å². The fourth-order valence-electron chi connectivity index (χ4n) is 2.26. The Morgan fingerprint density at radius 3 is 1.67 bits per heavy atom. The van der Waals surface area contributed by atoms with E-state index in [2.05, 4.69) is 31.2 Å². The lowest BCUT2D eigenvalue weighted by Crippen LogP contribution is -2.11. The highest BCUT2D eigenvalue weighted by atomic mass is 32.2. The van der Waals surface area contributed by atoms with Crippen LogP contribution in [-0.4, -0.2) is 8.42 Å². The minimum absolute atomic E-state index is 0.172. The van der Waals surface area contributed by atoms with Crippen molar-refractivity contribution in [2.45, 2.75) is 37.5 Å². The Morgan fingerprint density at radius 1 is 0.810 bits per heavy atom. The predicted octanol–water partition coefficient (Wildman–Crippen LogP) is 3.21. The monoisotopic (exact) mass is 303 g/mol. The van der Waals surface area contributed by atoms with Crippen molar-refractivity contribution in [3.63, 3.8) is 0 Å². The molecule has 0 heterocycles. The molecule has 0 atom stereocenters. The topological polar surface area (TPSA) is 60.2 Å². The standard InChI is InChI=1S/C17H21NO2S/c1-14-6-8-15(9-7-14)4-2-3-5-16-10-12-17(13-11-16)21(18,19)20/h6-13H,2-5H2,1H3,(H2,18,19,20). The van der Waals surface area contributed by atoms with Gasteiger partial charge in [-0.25, -0.2) is 13.6 Å². The van der Waals surface area contributed by atoms with Crippen molar-refractivity contribution in [1.82, 2.24) is 0 Å². The molecule has 0 bridgehead atoms. The maximum atomic E-state index is 11.2. The third-order valence-electron chi connectivity index (χ3n) is 3.55. The second-order valence-corrected chi connectivity index (χ2v) is 6.94. The average molecular weight is 303 g/mol. The summed E-state index contributed by atoms with van der Waals surface area (Å²) in [5.41, 5.74) is 3.80. The van der Waals surface area contributed by atoms with Crippen LogP contribution in [0.15, 0.2) is 53.4 Å². The molecule has 2 aromatic carbocycles. The summed E-state index contributed by atoms with van der Waals surface area (Å²) < 4.78 is 22.3. The molecule has 0 saturated carbocycles.